The number of rotatable bonds is 2. The predicted molar refractivity (Wildman–Crippen MR) is 48.2 cm³/mol. The molecule has 70 valence electrons. The smallest absolute Gasteiger partial charge is 0.252 e. The van der Waals surface area contributed by atoms with Crippen LogP contribution in [-0.2, 0) is 0 Å². The number of phenols is 1. The number of nitrogens with two attached hydrogens (primary N) is 1. The van der Waals surface area contributed by atoms with Crippen molar-refractivity contribution in [3.05, 3.63) is 22.7 Å². The third-order valence-corrected chi connectivity index (χ3v) is 1.85. The molecule has 0 aliphatic carbocycles. The lowest BCUT2D eigenvalue weighted by molar-refractivity contribution is 0.0997. The molecule has 0 unspecified atom stereocenters. The Hall–Kier alpha value is -1.42. The number of methoxy groups -OCH3 is 1. The summed E-state index contributed by atoms with van der Waals surface area (Å²) in [6, 6.07) is 2.77. The summed E-state index contributed by atoms with van der Waals surface area (Å²) >= 11 is 5.67. The summed E-state index contributed by atoms with van der Waals surface area (Å²) in [6.07, 6.45) is 0. The van der Waals surface area contributed by atoms with Gasteiger partial charge in [0.05, 0.1) is 17.7 Å². The molecule has 0 saturated heterocycles. The number of hydrogen-bond donors (Lipinski definition) is 2. The first kappa shape index (κ1) is 9.67. The van der Waals surface area contributed by atoms with Crippen LogP contribution in [0.2, 0.25) is 5.02 Å². The molecule has 1 aromatic rings. The Kier molecular flexibility index (Phi) is 2.63. The van der Waals surface area contributed by atoms with Crippen LogP contribution in [-0.4, -0.2) is 18.1 Å². The molecule has 3 N–H and O–H groups in total. The van der Waals surface area contributed by atoms with Crippen LogP contribution in [0.4, 0.5) is 0 Å². The lowest BCUT2D eigenvalue weighted by Gasteiger charge is -2.07. The van der Waals surface area contributed by atoms with E-state index in [1.807, 2.05) is 0 Å². The fourth-order valence-corrected chi connectivity index (χ4v) is 1.17. The van der Waals surface area contributed by atoms with Gasteiger partial charge in [-0.2, -0.15) is 0 Å². The molecule has 0 atom stereocenters. The average Bonchev–Trinajstić information content (AvgIpc) is 2.04. The highest BCUT2D eigenvalue weighted by molar-refractivity contribution is 6.32. The number of hydrogen-bond acceptors (Lipinski definition) is 3. The van der Waals surface area contributed by atoms with Crippen LogP contribution >= 0.6 is 11.6 Å². The van der Waals surface area contributed by atoms with Gasteiger partial charge in [0.1, 0.15) is 0 Å². The van der Waals surface area contributed by atoms with E-state index in [4.69, 9.17) is 22.1 Å². The van der Waals surface area contributed by atoms with Crippen LogP contribution in [0.3, 0.4) is 0 Å². The molecule has 5 heteroatoms. The molecule has 13 heavy (non-hydrogen) atoms. The van der Waals surface area contributed by atoms with E-state index >= 15 is 0 Å². The Labute approximate surface area is 79.9 Å². The fourth-order valence-electron chi connectivity index (χ4n) is 0.940. The van der Waals surface area contributed by atoms with Gasteiger partial charge in [0, 0.05) is 0 Å². The van der Waals surface area contributed by atoms with Crippen LogP contribution in [0, 0.1) is 0 Å². The van der Waals surface area contributed by atoms with Gasteiger partial charge in [0.2, 0.25) is 0 Å². The van der Waals surface area contributed by atoms with Gasteiger partial charge in [0.15, 0.2) is 11.5 Å². The highest BCUT2D eigenvalue weighted by Crippen LogP contribution is 2.36. The number of amides is 1. The van der Waals surface area contributed by atoms with Gasteiger partial charge in [-0.1, -0.05) is 11.6 Å². The Morgan fingerprint density at radius 3 is 2.69 bits per heavy atom. The van der Waals surface area contributed by atoms with E-state index in [-0.39, 0.29) is 22.1 Å². The van der Waals surface area contributed by atoms with E-state index < -0.39 is 5.91 Å². The molecule has 1 rings (SSSR count). The summed E-state index contributed by atoms with van der Waals surface area (Å²) in [7, 11) is 1.34. The Bertz CT molecular complexity index is 351. The predicted octanol–water partition coefficient (Wildman–Crippen LogP) is 1.15. The molecule has 1 aromatic carbocycles. The summed E-state index contributed by atoms with van der Waals surface area (Å²) in [4.78, 5) is 10.8. The monoisotopic (exact) mass is 201 g/mol. The van der Waals surface area contributed by atoms with Gasteiger partial charge in [-0.3, -0.25) is 4.79 Å². The Morgan fingerprint density at radius 1 is 1.62 bits per heavy atom. The van der Waals surface area contributed by atoms with Crippen molar-refractivity contribution in [3.63, 3.8) is 0 Å². The zero-order valence-corrected chi connectivity index (χ0v) is 7.63. The third kappa shape index (κ3) is 1.67. The molecular weight excluding hydrogens is 194 g/mol. The van der Waals surface area contributed by atoms with Crippen molar-refractivity contribution < 1.29 is 14.6 Å². The highest BCUT2D eigenvalue weighted by atomic mass is 35.5. The van der Waals surface area contributed by atoms with Crippen LogP contribution in [0.25, 0.3) is 0 Å². The van der Waals surface area contributed by atoms with Crippen molar-refractivity contribution in [2.45, 2.75) is 0 Å². The van der Waals surface area contributed by atoms with E-state index in [0.717, 1.165) is 0 Å². The van der Waals surface area contributed by atoms with E-state index in [2.05, 4.69) is 0 Å². The SMILES string of the molecule is COc1c(Cl)ccc(C(N)=O)c1O. The Morgan fingerprint density at radius 2 is 2.23 bits per heavy atom. The second-order valence-electron chi connectivity index (χ2n) is 2.34. The second-order valence-corrected chi connectivity index (χ2v) is 2.75. The number of ether oxygens (including phenoxy) is 1. The number of benzene rings is 1. The number of primary amides is 1. The normalized spacial score (nSPS) is 9.69. The number of aromatic hydroxyl groups is 1. The molecule has 0 aliphatic heterocycles. The zero-order valence-electron chi connectivity index (χ0n) is 6.87. The van der Waals surface area contributed by atoms with Crippen molar-refractivity contribution >= 4 is 17.5 Å². The fraction of sp³-hybridized carbons (Fsp3) is 0.125. The highest BCUT2D eigenvalue weighted by Gasteiger charge is 2.14. The zero-order chi connectivity index (χ0) is 10.0. The molecule has 0 radical (unpaired) electrons. The standard InChI is InChI=1S/C8H8ClNO3/c1-13-7-5(9)3-2-4(6(7)11)8(10)12/h2-3,11H,1H3,(H2,10,12). The molecular formula is C8H8ClNO3. The number of carbonyl (C=O) groups excluding carboxylic acids is 1. The Balaban J connectivity index is 3.35. The molecule has 4 nitrogen and oxygen atoms in total. The lowest BCUT2D eigenvalue weighted by Crippen LogP contribution is -2.11. The first-order chi connectivity index (χ1) is 6.07. The summed E-state index contributed by atoms with van der Waals surface area (Å²) in [5, 5.41) is 9.66. The molecule has 0 saturated carbocycles. The van der Waals surface area contributed by atoms with Gasteiger partial charge < -0.3 is 15.6 Å². The largest absolute Gasteiger partial charge is 0.504 e. The van der Waals surface area contributed by atoms with Gasteiger partial charge in [-0.25, -0.2) is 0 Å². The third-order valence-electron chi connectivity index (χ3n) is 1.55. The van der Waals surface area contributed by atoms with E-state index in [1.165, 1.54) is 19.2 Å². The topological polar surface area (TPSA) is 72.5 Å². The van der Waals surface area contributed by atoms with Crippen molar-refractivity contribution in [1.82, 2.24) is 0 Å². The van der Waals surface area contributed by atoms with Gasteiger partial charge >= 0.3 is 0 Å². The molecule has 0 bridgehead atoms. The van der Waals surface area contributed by atoms with Gasteiger partial charge in [-0.15, -0.1) is 0 Å². The summed E-state index contributed by atoms with van der Waals surface area (Å²) < 4.78 is 4.78. The number of carbonyl (C=O) groups is 1. The summed E-state index contributed by atoms with van der Waals surface area (Å²) in [5.41, 5.74) is 4.98. The average molecular weight is 202 g/mol. The molecule has 0 heterocycles. The quantitative estimate of drug-likeness (QED) is 0.754. The maximum absolute atomic E-state index is 10.8. The van der Waals surface area contributed by atoms with Crippen molar-refractivity contribution in [3.8, 4) is 11.5 Å². The number of halogens is 1. The van der Waals surface area contributed by atoms with Crippen molar-refractivity contribution in [2.24, 2.45) is 5.73 Å². The first-order valence-electron chi connectivity index (χ1n) is 3.43. The minimum absolute atomic E-state index is 0.0127. The van der Waals surface area contributed by atoms with Crippen LogP contribution in [0.5, 0.6) is 11.5 Å². The first-order valence-corrected chi connectivity index (χ1v) is 3.81. The molecule has 0 aromatic heterocycles. The summed E-state index contributed by atoms with van der Waals surface area (Å²) in [6.45, 7) is 0. The van der Waals surface area contributed by atoms with Crippen molar-refractivity contribution in [1.29, 1.82) is 0 Å². The van der Waals surface area contributed by atoms with Crippen LogP contribution in [0.15, 0.2) is 12.1 Å². The molecule has 0 spiro atoms. The minimum atomic E-state index is -0.729. The second kappa shape index (κ2) is 3.53. The van der Waals surface area contributed by atoms with E-state index in [0.29, 0.717) is 0 Å². The molecule has 0 aliphatic rings. The summed E-state index contributed by atoms with van der Waals surface area (Å²) in [5.74, 6) is -1.01. The lowest BCUT2D eigenvalue weighted by atomic mass is 10.2. The molecule has 0 fully saturated rings. The minimum Gasteiger partial charge on any atom is -0.504 e. The van der Waals surface area contributed by atoms with E-state index in [1.54, 1.807) is 0 Å². The maximum Gasteiger partial charge on any atom is 0.252 e. The van der Waals surface area contributed by atoms with E-state index in [9.17, 15) is 9.90 Å². The van der Waals surface area contributed by atoms with Crippen LogP contribution in [0.1, 0.15) is 10.4 Å². The maximum atomic E-state index is 10.8. The van der Waals surface area contributed by atoms with Crippen LogP contribution < -0.4 is 10.5 Å². The van der Waals surface area contributed by atoms with Crippen molar-refractivity contribution in [2.75, 3.05) is 7.11 Å². The molecule has 1 amide bonds. The van der Waals surface area contributed by atoms with Gasteiger partial charge in [-0.05, 0) is 12.1 Å². The van der Waals surface area contributed by atoms with Gasteiger partial charge in [0.25, 0.3) is 5.91 Å².